The van der Waals surface area contributed by atoms with Crippen molar-refractivity contribution in [3.63, 3.8) is 0 Å². The third-order valence-corrected chi connectivity index (χ3v) is 3.44. The zero-order valence-corrected chi connectivity index (χ0v) is 11.8. The highest BCUT2D eigenvalue weighted by Gasteiger charge is 2.24. The summed E-state index contributed by atoms with van der Waals surface area (Å²) in [7, 11) is -4.07. The molecule has 0 heterocycles. The molecule has 0 radical (unpaired) electrons. The number of phosphoric acid groups is 1. The van der Waals surface area contributed by atoms with Crippen LogP contribution in [0.15, 0.2) is 42.5 Å². The number of benzene rings is 2. The highest BCUT2D eigenvalue weighted by Crippen LogP contribution is 2.45. The van der Waals surface area contributed by atoms with E-state index in [1.165, 1.54) is 0 Å². The molecule has 102 valence electrons. The molecule has 1 N–H and O–H groups in total. The van der Waals surface area contributed by atoms with Crippen LogP contribution in [0.25, 0.3) is 10.8 Å². The van der Waals surface area contributed by atoms with Gasteiger partial charge >= 0.3 is 7.82 Å². The van der Waals surface area contributed by atoms with E-state index >= 15 is 0 Å². The molecular weight excluding hydrogens is 263 g/mol. The molecule has 0 aliphatic heterocycles. The summed E-state index contributed by atoms with van der Waals surface area (Å²) in [5.74, 6) is 0.518. The lowest BCUT2D eigenvalue weighted by molar-refractivity contribution is 0.183. The van der Waals surface area contributed by atoms with Crippen LogP contribution in [0.5, 0.6) is 5.75 Å². The average Bonchev–Trinajstić information content (AvgIpc) is 2.37. The van der Waals surface area contributed by atoms with Gasteiger partial charge in [-0.1, -0.05) is 50.2 Å². The van der Waals surface area contributed by atoms with Crippen LogP contribution < -0.4 is 4.52 Å². The largest absolute Gasteiger partial charge is 0.527 e. The minimum Gasteiger partial charge on any atom is -0.403 e. The molecule has 2 aromatic carbocycles. The van der Waals surface area contributed by atoms with Gasteiger partial charge < -0.3 is 4.52 Å². The van der Waals surface area contributed by atoms with Gasteiger partial charge in [0.1, 0.15) is 5.75 Å². The molecular formula is C14H17O4P. The molecule has 0 bridgehead atoms. The predicted molar refractivity (Wildman–Crippen MR) is 75.2 cm³/mol. The van der Waals surface area contributed by atoms with Gasteiger partial charge in [-0.3, -0.25) is 9.42 Å². The fourth-order valence-electron chi connectivity index (χ4n) is 1.67. The first-order chi connectivity index (χ1) is 8.98. The Morgan fingerprint density at radius 2 is 1.84 bits per heavy atom. The molecule has 4 nitrogen and oxygen atoms in total. The van der Waals surface area contributed by atoms with E-state index in [9.17, 15) is 9.46 Å². The Bertz CT molecular complexity index is 604. The summed E-state index contributed by atoms with van der Waals surface area (Å²) in [6, 6.07) is 12.9. The Morgan fingerprint density at radius 3 is 2.58 bits per heavy atom. The van der Waals surface area contributed by atoms with Crippen molar-refractivity contribution in [2.45, 2.75) is 13.8 Å². The molecule has 19 heavy (non-hydrogen) atoms. The van der Waals surface area contributed by atoms with E-state index < -0.39 is 7.82 Å². The molecule has 0 spiro atoms. The standard InChI is InChI=1S/C14H17O4P/c1-11(2)10-17-19(15,16)18-14-9-5-7-12-6-3-4-8-13(12)14/h3-9,11H,10H2,1-2H3,(H,15,16). The van der Waals surface area contributed by atoms with Crippen molar-refractivity contribution in [3.05, 3.63) is 42.5 Å². The van der Waals surface area contributed by atoms with Gasteiger partial charge in [-0.15, -0.1) is 0 Å². The second-order valence-corrected chi connectivity index (χ2v) is 6.10. The fraction of sp³-hybridized carbons (Fsp3) is 0.286. The Kier molecular flexibility index (Phi) is 4.25. The van der Waals surface area contributed by atoms with Gasteiger partial charge in [0.25, 0.3) is 0 Å². The van der Waals surface area contributed by atoms with Crippen molar-refractivity contribution in [1.29, 1.82) is 0 Å². The van der Waals surface area contributed by atoms with E-state index in [4.69, 9.17) is 9.05 Å². The number of hydrogen-bond donors (Lipinski definition) is 1. The van der Waals surface area contributed by atoms with Gasteiger partial charge in [0.15, 0.2) is 0 Å². The molecule has 1 atom stereocenters. The molecule has 2 aromatic rings. The first kappa shape index (κ1) is 14.1. The maximum absolute atomic E-state index is 11.8. The van der Waals surface area contributed by atoms with Gasteiger partial charge in [-0.2, -0.15) is 0 Å². The first-order valence-electron chi connectivity index (χ1n) is 6.12. The van der Waals surface area contributed by atoms with Crippen LogP contribution in [-0.4, -0.2) is 11.5 Å². The molecule has 0 amide bonds. The van der Waals surface area contributed by atoms with E-state index in [1.54, 1.807) is 12.1 Å². The van der Waals surface area contributed by atoms with Crippen molar-refractivity contribution in [3.8, 4) is 5.75 Å². The van der Waals surface area contributed by atoms with E-state index in [1.807, 2.05) is 44.2 Å². The van der Waals surface area contributed by atoms with Crippen LogP contribution in [0.4, 0.5) is 0 Å². The summed E-state index contributed by atoms with van der Waals surface area (Å²) in [6.07, 6.45) is 0. The Hall–Kier alpha value is -1.35. The summed E-state index contributed by atoms with van der Waals surface area (Å²) in [5, 5.41) is 1.73. The van der Waals surface area contributed by atoms with E-state index in [2.05, 4.69) is 0 Å². The zero-order valence-electron chi connectivity index (χ0n) is 10.9. The van der Waals surface area contributed by atoms with Crippen LogP contribution >= 0.6 is 7.82 Å². The predicted octanol–water partition coefficient (Wildman–Crippen LogP) is 3.99. The monoisotopic (exact) mass is 280 g/mol. The third-order valence-electron chi connectivity index (χ3n) is 2.53. The normalized spacial score (nSPS) is 14.5. The molecule has 0 saturated carbocycles. The minimum atomic E-state index is -4.07. The van der Waals surface area contributed by atoms with Gasteiger partial charge in [0, 0.05) is 5.39 Å². The second-order valence-electron chi connectivity index (χ2n) is 4.73. The van der Waals surface area contributed by atoms with Crippen LogP contribution in [0.3, 0.4) is 0 Å². The highest BCUT2D eigenvalue weighted by atomic mass is 31.2. The van der Waals surface area contributed by atoms with Crippen LogP contribution in [0.1, 0.15) is 13.8 Å². The lowest BCUT2D eigenvalue weighted by Crippen LogP contribution is -2.04. The molecule has 0 fully saturated rings. The maximum Gasteiger partial charge on any atom is 0.527 e. The highest BCUT2D eigenvalue weighted by molar-refractivity contribution is 7.47. The maximum atomic E-state index is 11.8. The lowest BCUT2D eigenvalue weighted by Gasteiger charge is -2.15. The lowest BCUT2D eigenvalue weighted by atomic mass is 10.1. The quantitative estimate of drug-likeness (QED) is 0.841. The SMILES string of the molecule is CC(C)COP(=O)(O)Oc1cccc2ccccc12. The Labute approximate surface area is 112 Å². The first-order valence-corrected chi connectivity index (χ1v) is 7.62. The van der Waals surface area contributed by atoms with Crippen LogP contribution in [0.2, 0.25) is 0 Å². The topological polar surface area (TPSA) is 55.8 Å². The molecule has 1 unspecified atom stereocenters. The van der Waals surface area contributed by atoms with Gasteiger partial charge in [-0.05, 0) is 17.4 Å². The van der Waals surface area contributed by atoms with E-state index in [-0.39, 0.29) is 12.5 Å². The Morgan fingerprint density at radius 1 is 1.16 bits per heavy atom. The number of phosphoric ester groups is 1. The Balaban J connectivity index is 2.23. The minimum absolute atomic E-state index is 0.164. The van der Waals surface area contributed by atoms with Crippen LogP contribution in [-0.2, 0) is 9.09 Å². The van der Waals surface area contributed by atoms with Crippen molar-refractivity contribution in [1.82, 2.24) is 0 Å². The summed E-state index contributed by atoms with van der Waals surface area (Å²) in [6.45, 7) is 3.98. The number of rotatable bonds is 5. The van der Waals surface area contributed by atoms with Crippen molar-refractivity contribution in [2.75, 3.05) is 6.61 Å². The summed E-state index contributed by atoms with van der Waals surface area (Å²) >= 11 is 0. The molecule has 2 rings (SSSR count). The molecule has 0 aliphatic carbocycles. The number of hydrogen-bond acceptors (Lipinski definition) is 3. The molecule has 0 saturated heterocycles. The van der Waals surface area contributed by atoms with Crippen molar-refractivity contribution < 1.29 is 18.5 Å². The van der Waals surface area contributed by atoms with Crippen molar-refractivity contribution >= 4 is 18.6 Å². The number of fused-ring (bicyclic) bond motifs is 1. The summed E-state index contributed by atoms with van der Waals surface area (Å²) in [5.41, 5.74) is 0. The molecule has 0 aromatic heterocycles. The van der Waals surface area contributed by atoms with E-state index in [0.29, 0.717) is 5.75 Å². The van der Waals surface area contributed by atoms with Crippen molar-refractivity contribution in [2.24, 2.45) is 5.92 Å². The third kappa shape index (κ3) is 3.80. The summed E-state index contributed by atoms with van der Waals surface area (Å²) in [4.78, 5) is 9.69. The zero-order chi connectivity index (χ0) is 13.9. The van der Waals surface area contributed by atoms with E-state index in [0.717, 1.165) is 10.8 Å². The molecule has 5 heteroatoms. The smallest absolute Gasteiger partial charge is 0.403 e. The molecule has 0 aliphatic rings. The second kappa shape index (κ2) is 5.74. The van der Waals surface area contributed by atoms with Gasteiger partial charge in [-0.25, -0.2) is 4.57 Å². The average molecular weight is 280 g/mol. The van der Waals surface area contributed by atoms with Gasteiger partial charge in [0.2, 0.25) is 0 Å². The van der Waals surface area contributed by atoms with Crippen LogP contribution in [0, 0.1) is 5.92 Å². The summed E-state index contributed by atoms with van der Waals surface area (Å²) < 4.78 is 21.9. The van der Waals surface area contributed by atoms with Gasteiger partial charge in [0.05, 0.1) is 6.61 Å². The fourth-order valence-corrected chi connectivity index (χ4v) is 2.62.